The van der Waals surface area contributed by atoms with Gasteiger partial charge in [0.25, 0.3) is 6.71 Å². The van der Waals surface area contributed by atoms with E-state index in [9.17, 15) is 2.74 Å². The predicted octanol–water partition coefficient (Wildman–Crippen LogP) is 23.9. The van der Waals surface area contributed by atoms with Crippen LogP contribution in [0.15, 0.2) is 253 Å². The van der Waals surface area contributed by atoms with Gasteiger partial charge in [0.15, 0.2) is 11.2 Å². The first-order valence-electron chi connectivity index (χ1n) is 36.9. The lowest BCUT2D eigenvalue weighted by molar-refractivity contribution is 0.569. The Hall–Kier alpha value is -10.1. The molecule has 0 atom stereocenters. The predicted molar refractivity (Wildman–Crippen MR) is 417 cm³/mol. The van der Waals surface area contributed by atoms with Crippen LogP contribution in [-0.4, -0.2) is 11.3 Å². The normalized spacial score (nSPS) is 14.2. The lowest BCUT2D eigenvalue weighted by Crippen LogP contribution is -2.61. The molecular weight excluding hydrogens is 1170 g/mol. The van der Waals surface area contributed by atoms with E-state index in [4.69, 9.17) is 8.53 Å². The molecule has 0 amide bonds. The fourth-order valence-corrected chi connectivity index (χ4v) is 15.0. The molecule has 478 valence electrons. The summed E-state index contributed by atoms with van der Waals surface area (Å²) < 4.78 is 55.9. The summed E-state index contributed by atoms with van der Waals surface area (Å²) in [5.74, 6) is 0. The highest BCUT2D eigenvalue weighted by Crippen LogP contribution is 2.52. The van der Waals surface area contributed by atoms with E-state index in [1.54, 1.807) is 0 Å². The molecule has 97 heavy (non-hydrogen) atoms. The smallest absolute Gasteiger partial charge is 0.252 e. The fraction of sp³-hybridized carbons (Fsp3) is 0.217. The van der Waals surface area contributed by atoms with Crippen LogP contribution in [0.25, 0.3) is 93.9 Å². The zero-order valence-electron chi connectivity index (χ0n) is 63.6. The third-order valence-electron chi connectivity index (χ3n) is 20.6. The van der Waals surface area contributed by atoms with E-state index in [0.29, 0.717) is 11.1 Å². The van der Waals surface area contributed by atoms with Gasteiger partial charge in [-0.05, 0) is 195 Å². The maximum Gasteiger partial charge on any atom is 0.252 e. The number of para-hydroxylation sites is 2. The van der Waals surface area contributed by atoms with Crippen LogP contribution in [-0.2, 0) is 27.1 Å². The molecule has 0 N–H and O–H groups in total. The van der Waals surface area contributed by atoms with Crippen LogP contribution in [0, 0.1) is 0 Å². The molecular formula is C92H86BN3O. The van der Waals surface area contributed by atoms with Crippen molar-refractivity contribution in [3.8, 4) is 50.2 Å². The lowest BCUT2D eigenvalue weighted by Gasteiger charge is -2.45. The summed E-state index contributed by atoms with van der Waals surface area (Å²) in [5.41, 5.74) is 26.1. The van der Waals surface area contributed by atoms with Crippen molar-refractivity contribution in [3.05, 3.63) is 276 Å². The molecule has 14 aromatic rings. The van der Waals surface area contributed by atoms with Crippen molar-refractivity contribution in [3.63, 3.8) is 0 Å². The van der Waals surface area contributed by atoms with Crippen molar-refractivity contribution in [2.75, 3.05) is 9.80 Å². The highest BCUT2D eigenvalue weighted by molar-refractivity contribution is 7.00. The van der Waals surface area contributed by atoms with Crippen LogP contribution >= 0.6 is 0 Å². The molecule has 4 heterocycles. The first-order valence-corrected chi connectivity index (χ1v) is 34.4. The molecule has 0 saturated carbocycles. The molecule has 5 heteroatoms. The Labute approximate surface area is 581 Å². The van der Waals surface area contributed by atoms with Gasteiger partial charge in [-0.2, -0.15) is 0 Å². The average Bonchev–Trinajstić information content (AvgIpc) is 0.713. The number of rotatable bonds is 7. The number of hydrogen-bond donors (Lipinski definition) is 0. The van der Waals surface area contributed by atoms with Gasteiger partial charge < -0.3 is 18.8 Å². The summed E-state index contributed by atoms with van der Waals surface area (Å²) in [6, 6.07) is 79.0. The van der Waals surface area contributed by atoms with Gasteiger partial charge in [0, 0.05) is 50.0 Å². The Balaban J connectivity index is 1.02. The van der Waals surface area contributed by atoms with Crippen LogP contribution in [0.5, 0.6) is 0 Å². The zero-order valence-corrected chi connectivity index (χ0v) is 58.6. The van der Waals surface area contributed by atoms with Crippen molar-refractivity contribution in [2.45, 2.75) is 131 Å². The largest absolute Gasteiger partial charge is 0.452 e. The lowest BCUT2D eigenvalue weighted by atomic mass is 9.33. The Morgan fingerprint density at radius 3 is 1.25 bits per heavy atom. The molecule has 0 radical (unpaired) electrons. The van der Waals surface area contributed by atoms with E-state index >= 15 is 0 Å². The van der Waals surface area contributed by atoms with E-state index < -0.39 is 11.5 Å². The number of nitrogens with zero attached hydrogens (tertiary/aromatic N) is 3. The molecule has 0 unspecified atom stereocenters. The Kier molecular flexibility index (Phi) is 12.9. The summed E-state index contributed by atoms with van der Waals surface area (Å²) >= 11 is 0. The zero-order chi connectivity index (χ0) is 71.8. The van der Waals surface area contributed by atoms with Gasteiger partial charge in [-0.25, -0.2) is 0 Å². The van der Waals surface area contributed by atoms with Crippen LogP contribution < -0.4 is 26.2 Å². The van der Waals surface area contributed by atoms with Crippen molar-refractivity contribution in [1.82, 2.24) is 4.57 Å². The maximum absolute atomic E-state index is 9.50. The monoisotopic (exact) mass is 1260 g/mol. The van der Waals surface area contributed by atoms with Gasteiger partial charge in [0.1, 0.15) is 0 Å². The molecule has 12 aromatic carbocycles. The molecule has 0 fully saturated rings. The second-order valence-electron chi connectivity index (χ2n) is 32.3. The number of aromatic nitrogens is 1. The summed E-state index contributed by atoms with van der Waals surface area (Å²) in [6.07, 6.45) is 0. The van der Waals surface area contributed by atoms with E-state index in [-0.39, 0.29) is 58.1 Å². The third-order valence-corrected chi connectivity index (χ3v) is 20.6. The number of fused-ring (bicyclic) bond motifs is 10. The van der Waals surface area contributed by atoms with E-state index in [0.717, 1.165) is 123 Å². The standard InChI is InChI=1S/C92H86BN3O/c1-88(2,3)65-39-43-77-73(53-65)74-54-66(89(4,5)6)40-44-78(74)95(77)79-35-25-33-71-72-34-26-36-80(87(72)97-86(71)79)96-82-50-60(57-27-19-16-20-28-57)37-41-76(82)93-75-42-38-61(64-46-67(90(7,8)9)52-68(47-64)91(10,11)12)51-81(75)94(83-55-69(92(13,14)15)56-84(96)85(83)93)70-48-62(58-29-21-17-22-30-58)45-63(49-70)59-31-23-18-24-32-59/h16-56H,1-15H3/i16D,19D,20D,27D,28D. The van der Waals surface area contributed by atoms with E-state index in [2.05, 4.69) is 331 Å². The molecule has 2 aromatic heterocycles. The van der Waals surface area contributed by atoms with Crippen molar-refractivity contribution in [1.29, 1.82) is 0 Å². The summed E-state index contributed by atoms with van der Waals surface area (Å²) in [4.78, 5) is 4.91. The van der Waals surface area contributed by atoms with Crippen LogP contribution in [0.2, 0.25) is 0 Å². The van der Waals surface area contributed by atoms with Gasteiger partial charge >= 0.3 is 0 Å². The fourth-order valence-electron chi connectivity index (χ4n) is 15.0. The molecule has 2 aliphatic heterocycles. The average molecular weight is 1270 g/mol. The second-order valence-corrected chi connectivity index (χ2v) is 32.3. The summed E-state index contributed by atoms with van der Waals surface area (Å²) in [7, 11) is 0. The molecule has 0 bridgehead atoms. The van der Waals surface area contributed by atoms with Gasteiger partial charge in [-0.15, -0.1) is 0 Å². The van der Waals surface area contributed by atoms with Gasteiger partial charge in [0.2, 0.25) is 0 Å². The Morgan fingerprint density at radius 2 is 0.742 bits per heavy atom. The van der Waals surface area contributed by atoms with Crippen LogP contribution in [0.4, 0.5) is 34.1 Å². The summed E-state index contributed by atoms with van der Waals surface area (Å²) in [6.45, 7) is 34.0. The quantitative estimate of drug-likeness (QED) is 0.149. The van der Waals surface area contributed by atoms with Crippen LogP contribution in [0.3, 0.4) is 0 Å². The molecule has 0 spiro atoms. The first-order chi connectivity index (χ1) is 48.3. The molecule has 0 saturated heterocycles. The highest BCUT2D eigenvalue weighted by Gasteiger charge is 2.45. The van der Waals surface area contributed by atoms with Crippen molar-refractivity contribution >= 4 is 101 Å². The van der Waals surface area contributed by atoms with E-state index in [1.807, 2.05) is 6.07 Å². The molecule has 0 aliphatic carbocycles. The minimum Gasteiger partial charge on any atom is -0.452 e. The number of furan rings is 1. The number of benzene rings is 12. The SMILES string of the molecule is [2H]c1c([2H])c([2H])c(-c2ccc3c(c2)N(c2cccc4c2oc2c(-n5c6ccc(C(C)(C)C)cc6c6cc(C(C)(C)C)ccc65)cccc24)c2cc(C(C)(C)C)cc4c2B3c2ccc(-c3cc(C(C)(C)C)cc(C(C)(C)C)c3)cc2N4c2cc(-c3ccccc3)cc(-c3ccccc3)c2)c([2H])c1[2H]. The van der Waals surface area contributed by atoms with Gasteiger partial charge in [-0.3, -0.25) is 0 Å². The molecule has 2 aliphatic rings. The first kappa shape index (κ1) is 56.1. The van der Waals surface area contributed by atoms with Gasteiger partial charge in [-0.1, -0.05) is 274 Å². The Bertz CT molecular complexity index is 5620. The second kappa shape index (κ2) is 22.2. The molecule has 4 nitrogen and oxygen atoms in total. The highest BCUT2D eigenvalue weighted by atomic mass is 16.3. The minimum absolute atomic E-state index is 0.0754. The number of anilines is 6. The van der Waals surface area contributed by atoms with Crippen molar-refractivity contribution < 1.29 is 11.3 Å². The van der Waals surface area contributed by atoms with Gasteiger partial charge in [0.05, 0.1) is 29.3 Å². The van der Waals surface area contributed by atoms with Crippen LogP contribution in [0.1, 0.15) is 139 Å². The number of hydrogen-bond acceptors (Lipinski definition) is 3. The molecule has 16 rings (SSSR count). The van der Waals surface area contributed by atoms with Crippen molar-refractivity contribution in [2.24, 2.45) is 0 Å². The third kappa shape index (κ3) is 10.5. The minimum atomic E-state index is -0.432. The Morgan fingerprint density at radius 1 is 0.299 bits per heavy atom. The summed E-state index contributed by atoms with van der Waals surface area (Å²) in [5, 5.41) is 4.29. The van der Waals surface area contributed by atoms with E-state index in [1.165, 1.54) is 33.0 Å². The topological polar surface area (TPSA) is 24.6 Å². The maximum atomic E-state index is 9.50.